The minimum Gasteiger partial charge on any atom is -0.459 e. The van der Waals surface area contributed by atoms with E-state index in [1.165, 1.54) is 25.0 Å². The first-order chi connectivity index (χ1) is 54.2. The highest BCUT2D eigenvalue weighted by Gasteiger charge is 2.36. The Balaban J connectivity index is 0.000000315. The van der Waals surface area contributed by atoms with Gasteiger partial charge in [0.1, 0.15) is 45.1 Å². The van der Waals surface area contributed by atoms with Gasteiger partial charge in [0.2, 0.25) is 29.5 Å². The highest BCUT2D eigenvalue weighted by atomic mass is 35.5. The zero-order chi connectivity index (χ0) is 80.2. The molecule has 2 heterocycles. The number of hydrogen-bond donors (Lipinski definition) is 11. The molecule has 0 bridgehead atoms. The zero-order valence-corrected chi connectivity index (χ0v) is 63.6. The molecule has 0 saturated heterocycles. The normalized spacial score (nSPS) is 14.1. The van der Waals surface area contributed by atoms with Gasteiger partial charge in [-0.05, 0) is 65.0 Å². The van der Waals surface area contributed by atoms with Crippen molar-refractivity contribution >= 4 is 77.9 Å². The molecular weight excluding hydrogens is 1470 g/mol. The molecule has 113 heavy (non-hydrogen) atoms. The molecule has 1 aliphatic rings. The number of nitrogens with one attached hydrogen (secondary N) is 7. The van der Waals surface area contributed by atoms with Crippen molar-refractivity contribution in [1.82, 2.24) is 56.3 Å². The van der Waals surface area contributed by atoms with Gasteiger partial charge in [-0.3, -0.25) is 33.6 Å². The molecule has 8 aromatic rings. The van der Waals surface area contributed by atoms with Gasteiger partial charge >= 0.3 is 24.1 Å². The Morgan fingerprint density at radius 3 is 1.18 bits per heavy atom. The van der Waals surface area contributed by atoms with Gasteiger partial charge in [0.15, 0.2) is 24.3 Å². The molecule has 7 amide bonds. The van der Waals surface area contributed by atoms with Crippen LogP contribution in [-0.4, -0.2) is 150 Å². The fourth-order valence-corrected chi connectivity index (χ4v) is 12.1. The lowest BCUT2D eigenvalue weighted by Gasteiger charge is -2.29. The quantitative estimate of drug-likeness (QED) is 0.0155. The lowest BCUT2D eigenvalue weighted by Crippen LogP contribution is -2.58. The van der Waals surface area contributed by atoms with E-state index in [1.807, 2.05) is 97.1 Å². The maximum Gasteiger partial charge on any atom is 0.419 e. The van der Waals surface area contributed by atoms with Crippen molar-refractivity contribution in [2.24, 2.45) is 17.4 Å². The van der Waals surface area contributed by atoms with Crippen LogP contribution in [0.5, 0.6) is 0 Å². The van der Waals surface area contributed by atoms with Crippen LogP contribution in [0.15, 0.2) is 207 Å². The standard InChI is InChI=1S/C45H55N7O9.C37H42N6O8.ClH/c1-2-15-35(40(54)43(57)47-25-37(53)51-39(33-22-13-6-14-23-33)44(58)60-27-30-16-7-3-8-17-30)49-41(55)36(50-42(56)38(46)32-20-11-5-12-21-32)24-34-26-52(29-48-34)45(59)61-28-31-18-9-4-10-19-31;1-2-12-30(41-34(46)29(38)19-28-21-43(24-40-28)37(49)51-23-26-15-8-4-9-16-26)33(45)35(47)39-20-31(44)42-32(27-17-10-5-11-18-27)36(48)50-22-25-13-6-3-7-14-25;/h3-4,6-10,13-14,16-19,22-23,26,29,32,35-36,38-40,54H,2,5,11-12,15,20-21,24-25,27-28,46H2,1H3,(H,47,57)(H,49,55)(H,50,56)(H,51,53);3-11,13-18,21,24,29-30,32-33,45H,2,12,19-20,22-23,38H2,1H3,(H,39,47)(H,41,46)(H,42,44);1H/t35?,36?,38-,39-,40?;29?,30?,32-,33?;/m00./s1. The van der Waals surface area contributed by atoms with Crippen LogP contribution in [0.4, 0.5) is 9.59 Å². The molecule has 1 fully saturated rings. The second-order valence-electron chi connectivity index (χ2n) is 26.8. The number of benzene rings is 6. The number of aliphatic hydroxyl groups excluding tert-OH is 2. The van der Waals surface area contributed by atoms with Gasteiger partial charge in [-0.15, -0.1) is 12.4 Å². The van der Waals surface area contributed by atoms with Crippen LogP contribution in [0.3, 0.4) is 0 Å². The number of esters is 2. The molecule has 9 atom stereocenters. The molecule has 0 spiro atoms. The van der Waals surface area contributed by atoms with Crippen LogP contribution in [0.1, 0.15) is 128 Å². The number of carbonyl (C=O) groups is 11. The van der Waals surface area contributed by atoms with E-state index in [-0.39, 0.29) is 76.1 Å². The molecule has 31 heteroatoms. The van der Waals surface area contributed by atoms with E-state index in [1.54, 1.807) is 98.8 Å². The third kappa shape index (κ3) is 29.0. The van der Waals surface area contributed by atoms with E-state index in [9.17, 15) is 63.0 Å². The van der Waals surface area contributed by atoms with Crippen molar-refractivity contribution in [3.63, 3.8) is 0 Å². The number of ether oxygens (including phenoxy) is 4. The molecule has 9 rings (SSSR count). The number of hydrogen-bond acceptors (Lipinski definition) is 21. The number of imidazole rings is 2. The first kappa shape index (κ1) is 88.3. The van der Waals surface area contributed by atoms with Crippen molar-refractivity contribution < 1.29 is 81.9 Å². The number of aromatic nitrogens is 4. The average molecular weight is 1570 g/mol. The maximum atomic E-state index is 14.0. The highest BCUT2D eigenvalue weighted by molar-refractivity contribution is 5.93. The number of nitrogens with two attached hydrogens (primary N) is 2. The van der Waals surface area contributed by atoms with Crippen LogP contribution in [-0.2, 0) is 101 Å². The zero-order valence-electron chi connectivity index (χ0n) is 62.8. The van der Waals surface area contributed by atoms with Crippen molar-refractivity contribution in [2.45, 2.75) is 165 Å². The second kappa shape index (κ2) is 46.6. The van der Waals surface area contributed by atoms with Crippen molar-refractivity contribution in [3.05, 3.63) is 252 Å². The SMILES string of the molecule is CCCC(NC(=O)C(Cc1cn(C(=O)OCc2ccccc2)cn1)NC(=O)[C@@H](N)C1CCCCC1)C(O)C(=O)NCC(=O)N[C@H](C(=O)OCc1ccccc1)c1ccccc1.CCCC(NC(=O)C(N)Cc1cn(C(=O)OCc2ccccc2)cn1)C(O)C(=O)NCC(=O)N[C@H](C(=O)OCc1ccccc1)c1ccccc1.Cl. The third-order valence-corrected chi connectivity index (χ3v) is 18.2. The van der Waals surface area contributed by atoms with E-state index in [0.717, 1.165) is 63.5 Å². The summed E-state index contributed by atoms with van der Waals surface area (Å²) in [5.74, 6) is -6.69. The van der Waals surface area contributed by atoms with Crippen LogP contribution >= 0.6 is 12.4 Å². The smallest absolute Gasteiger partial charge is 0.419 e. The Labute approximate surface area is 660 Å². The molecular formula is C82H98ClN13O17. The monoisotopic (exact) mass is 1570 g/mol. The summed E-state index contributed by atoms with van der Waals surface area (Å²) in [6.07, 6.45) is 6.07. The first-order valence-electron chi connectivity index (χ1n) is 37.1. The molecule has 2 aromatic heterocycles. The molecule has 0 radical (unpaired) electrons. The summed E-state index contributed by atoms with van der Waals surface area (Å²) in [7, 11) is 0. The Morgan fingerprint density at radius 2 is 0.796 bits per heavy atom. The van der Waals surface area contributed by atoms with Crippen molar-refractivity contribution in [2.75, 3.05) is 13.1 Å². The number of aliphatic hydroxyl groups is 2. The molecule has 6 aromatic carbocycles. The summed E-state index contributed by atoms with van der Waals surface area (Å²) in [4.78, 5) is 152. The van der Waals surface area contributed by atoms with E-state index >= 15 is 0 Å². The maximum absolute atomic E-state index is 14.0. The minimum absolute atomic E-state index is 0. The molecule has 1 aliphatic carbocycles. The van der Waals surface area contributed by atoms with Crippen LogP contribution in [0.2, 0.25) is 0 Å². The largest absolute Gasteiger partial charge is 0.459 e. The number of rotatable bonds is 37. The molecule has 1 saturated carbocycles. The van der Waals surface area contributed by atoms with E-state index in [4.69, 9.17) is 30.4 Å². The summed E-state index contributed by atoms with van der Waals surface area (Å²) in [5.41, 5.74) is 17.2. The number of nitrogens with zero attached hydrogens (tertiary/aromatic N) is 4. The molecule has 6 unspecified atom stereocenters. The minimum atomic E-state index is -1.81. The predicted molar refractivity (Wildman–Crippen MR) is 416 cm³/mol. The Bertz CT molecular complexity index is 4330. The van der Waals surface area contributed by atoms with Crippen molar-refractivity contribution in [3.8, 4) is 0 Å². The molecule has 30 nitrogen and oxygen atoms in total. The predicted octanol–water partition coefficient (Wildman–Crippen LogP) is 6.09. The Kier molecular flexibility index (Phi) is 36.4. The molecule has 13 N–H and O–H groups in total. The fourth-order valence-electron chi connectivity index (χ4n) is 12.1. The number of amides is 7. The first-order valence-corrected chi connectivity index (χ1v) is 37.1. The van der Waals surface area contributed by atoms with E-state index < -0.39 is 133 Å². The van der Waals surface area contributed by atoms with E-state index in [2.05, 4.69) is 47.2 Å². The summed E-state index contributed by atoms with van der Waals surface area (Å²) in [5, 5.41) is 40.0. The third-order valence-electron chi connectivity index (χ3n) is 18.2. The number of halogens is 1. The summed E-state index contributed by atoms with van der Waals surface area (Å²) in [6.45, 7) is 2.53. The van der Waals surface area contributed by atoms with Gasteiger partial charge in [0.25, 0.3) is 11.8 Å². The molecule has 600 valence electrons. The van der Waals surface area contributed by atoms with Gasteiger partial charge in [0, 0.05) is 25.2 Å². The number of carbonyl (C=O) groups excluding carboxylic acids is 11. The van der Waals surface area contributed by atoms with Gasteiger partial charge < -0.3 is 77.8 Å². The van der Waals surface area contributed by atoms with E-state index in [0.29, 0.717) is 29.7 Å². The van der Waals surface area contributed by atoms with Gasteiger partial charge in [-0.2, -0.15) is 0 Å². The van der Waals surface area contributed by atoms with Gasteiger partial charge in [0.05, 0.1) is 48.6 Å². The topological polar surface area (TPSA) is 437 Å². The average Bonchev–Trinajstić information content (AvgIpc) is 1.75. The Hall–Kier alpha value is -12.0. The summed E-state index contributed by atoms with van der Waals surface area (Å²) in [6, 6.07) is 45.6. The lowest BCUT2D eigenvalue weighted by molar-refractivity contribution is -0.149. The summed E-state index contributed by atoms with van der Waals surface area (Å²) < 4.78 is 23.9. The summed E-state index contributed by atoms with van der Waals surface area (Å²) >= 11 is 0. The van der Waals surface area contributed by atoms with Crippen LogP contribution in [0.25, 0.3) is 0 Å². The van der Waals surface area contributed by atoms with Crippen molar-refractivity contribution in [1.29, 1.82) is 0 Å². The lowest BCUT2D eigenvalue weighted by atomic mass is 9.84. The highest BCUT2D eigenvalue weighted by Crippen LogP contribution is 2.26. The van der Waals surface area contributed by atoms with Gasteiger partial charge in [-0.1, -0.05) is 228 Å². The van der Waals surface area contributed by atoms with Crippen LogP contribution in [0, 0.1) is 5.92 Å². The second-order valence-corrected chi connectivity index (χ2v) is 26.8. The van der Waals surface area contributed by atoms with Crippen LogP contribution < -0.4 is 48.7 Å². The fraction of sp³-hybridized carbons (Fsp3) is 0.354. The molecule has 0 aliphatic heterocycles. The van der Waals surface area contributed by atoms with Gasteiger partial charge in [-0.25, -0.2) is 38.3 Å². The Morgan fingerprint density at radius 1 is 0.442 bits per heavy atom.